The van der Waals surface area contributed by atoms with Crippen LogP contribution in [-0.2, 0) is 6.42 Å². The van der Waals surface area contributed by atoms with Gasteiger partial charge in [-0.05, 0) is 32.0 Å². The molecule has 0 fully saturated rings. The van der Waals surface area contributed by atoms with E-state index in [1.807, 2.05) is 0 Å². The number of nitrogens with one attached hydrogen (secondary N) is 1. The van der Waals surface area contributed by atoms with E-state index in [0.29, 0.717) is 6.42 Å². The van der Waals surface area contributed by atoms with Crippen LogP contribution in [0, 0.1) is 0 Å². The maximum atomic E-state index is 9.21. The van der Waals surface area contributed by atoms with Crippen molar-refractivity contribution in [2.45, 2.75) is 38.8 Å². The van der Waals surface area contributed by atoms with Crippen LogP contribution in [0.5, 0.6) is 11.5 Å². The molecule has 0 aliphatic carbocycles. The van der Waals surface area contributed by atoms with Gasteiger partial charge >= 0.3 is 0 Å². The first-order valence-electron chi connectivity index (χ1n) is 6.91. The smallest absolute Gasteiger partial charge is 0.124 e. The van der Waals surface area contributed by atoms with Gasteiger partial charge in [0.15, 0.2) is 0 Å². The van der Waals surface area contributed by atoms with Gasteiger partial charge in [0.05, 0.1) is 7.11 Å². The lowest BCUT2D eigenvalue weighted by molar-refractivity contribution is 0.252. The summed E-state index contributed by atoms with van der Waals surface area (Å²) < 4.78 is 11.3. The fourth-order valence-electron chi connectivity index (χ4n) is 2.65. The van der Waals surface area contributed by atoms with Crippen molar-refractivity contribution in [3.05, 3.63) is 23.3 Å². The molecule has 1 aromatic carbocycles. The zero-order valence-corrected chi connectivity index (χ0v) is 11.9. The highest BCUT2D eigenvalue weighted by atomic mass is 16.5. The van der Waals surface area contributed by atoms with Crippen LogP contribution < -0.4 is 14.8 Å². The number of fused-ring (bicyclic) bond motifs is 1. The van der Waals surface area contributed by atoms with Crippen LogP contribution in [-0.4, -0.2) is 31.5 Å². The number of methoxy groups -OCH3 is 1. The Hall–Kier alpha value is -1.26. The number of aliphatic hydroxyl groups excluding tert-OH is 1. The number of rotatable bonds is 6. The first kappa shape index (κ1) is 14.2. The summed E-state index contributed by atoms with van der Waals surface area (Å²) in [5.41, 5.74) is 2.26. The number of benzene rings is 1. The van der Waals surface area contributed by atoms with Gasteiger partial charge in [0.1, 0.15) is 17.6 Å². The summed E-state index contributed by atoms with van der Waals surface area (Å²) in [5.74, 6) is 1.82. The molecule has 1 aliphatic heterocycles. The van der Waals surface area contributed by atoms with Crippen LogP contribution in [0.15, 0.2) is 12.1 Å². The second-order valence-electron chi connectivity index (χ2n) is 4.96. The molecule has 4 nitrogen and oxygen atoms in total. The normalized spacial score (nSPS) is 18.8. The lowest BCUT2D eigenvalue weighted by atomic mass is 9.99. The van der Waals surface area contributed by atoms with Crippen LogP contribution >= 0.6 is 0 Å². The molecule has 19 heavy (non-hydrogen) atoms. The van der Waals surface area contributed by atoms with Gasteiger partial charge in [0.25, 0.3) is 0 Å². The zero-order chi connectivity index (χ0) is 13.8. The van der Waals surface area contributed by atoms with Crippen molar-refractivity contribution in [3.8, 4) is 11.5 Å². The summed E-state index contributed by atoms with van der Waals surface area (Å²) in [6, 6.07) is 4.21. The molecule has 2 unspecified atom stereocenters. The van der Waals surface area contributed by atoms with E-state index in [9.17, 15) is 5.11 Å². The maximum Gasteiger partial charge on any atom is 0.124 e. The van der Waals surface area contributed by atoms with Crippen LogP contribution in [0.2, 0.25) is 0 Å². The average Bonchev–Trinajstić information content (AvgIpc) is 2.76. The molecule has 0 saturated carbocycles. The Morgan fingerprint density at radius 1 is 1.53 bits per heavy atom. The largest absolute Gasteiger partial charge is 0.496 e. The van der Waals surface area contributed by atoms with Crippen LogP contribution in [0.3, 0.4) is 0 Å². The van der Waals surface area contributed by atoms with E-state index in [2.05, 4.69) is 31.3 Å². The second-order valence-corrected chi connectivity index (χ2v) is 4.96. The minimum Gasteiger partial charge on any atom is -0.496 e. The molecule has 1 aromatic rings. The molecular formula is C15H23NO3. The summed E-state index contributed by atoms with van der Waals surface area (Å²) in [5, 5.41) is 12.6. The summed E-state index contributed by atoms with van der Waals surface area (Å²) in [4.78, 5) is 0. The molecular weight excluding hydrogens is 242 g/mol. The van der Waals surface area contributed by atoms with Crippen molar-refractivity contribution < 1.29 is 14.6 Å². The predicted octanol–water partition coefficient (Wildman–Crippen LogP) is 2.05. The summed E-state index contributed by atoms with van der Waals surface area (Å²) in [7, 11) is 1.69. The maximum absolute atomic E-state index is 9.21. The van der Waals surface area contributed by atoms with Crippen molar-refractivity contribution in [1.29, 1.82) is 0 Å². The van der Waals surface area contributed by atoms with Gasteiger partial charge in [0.2, 0.25) is 0 Å². The minimum atomic E-state index is 0.0924. The van der Waals surface area contributed by atoms with E-state index in [1.165, 1.54) is 5.56 Å². The monoisotopic (exact) mass is 265 g/mol. The number of aliphatic hydroxyl groups is 1. The summed E-state index contributed by atoms with van der Waals surface area (Å²) in [6.07, 6.45) is 1.82. The third-order valence-electron chi connectivity index (χ3n) is 3.49. The molecule has 0 aromatic heterocycles. The van der Waals surface area contributed by atoms with Gasteiger partial charge in [-0.2, -0.15) is 0 Å². The number of ether oxygens (including phenoxy) is 2. The Morgan fingerprint density at radius 2 is 2.32 bits per heavy atom. The fraction of sp³-hybridized carbons (Fsp3) is 0.600. The SMILES string of the molecule is CCNC(CCO)c1cc2c(cc1OC)CC(C)O2. The van der Waals surface area contributed by atoms with Crippen molar-refractivity contribution >= 4 is 0 Å². The molecule has 0 radical (unpaired) electrons. The first-order valence-corrected chi connectivity index (χ1v) is 6.91. The molecule has 2 rings (SSSR count). The fourth-order valence-corrected chi connectivity index (χ4v) is 2.65. The standard InChI is InChI=1S/C15H23NO3/c1-4-16-13(5-6-17)12-9-14-11(7-10(2)19-14)8-15(12)18-3/h8-10,13,16-17H,4-7H2,1-3H3. The second kappa shape index (κ2) is 6.26. The first-order chi connectivity index (χ1) is 9.19. The highest BCUT2D eigenvalue weighted by molar-refractivity contribution is 5.50. The molecule has 2 atom stereocenters. The van der Waals surface area contributed by atoms with E-state index in [4.69, 9.17) is 9.47 Å². The van der Waals surface area contributed by atoms with Crippen LogP contribution in [0.25, 0.3) is 0 Å². The highest BCUT2D eigenvalue weighted by Crippen LogP contribution is 2.38. The third kappa shape index (κ3) is 3.01. The molecule has 0 spiro atoms. The predicted molar refractivity (Wildman–Crippen MR) is 74.9 cm³/mol. The van der Waals surface area contributed by atoms with Gasteiger partial charge in [-0.3, -0.25) is 0 Å². The molecule has 0 bridgehead atoms. The Bertz CT molecular complexity index is 428. The van der Waals surface area contributed by atoms with Gasteiger partial charge in [-0.15, -0.1) is 0 Å². The molecule has 106 valence electrons. The molecule has 0 saturated heterocycles. The van der Waals surface area contributed by atoms with E-state index in [-0.39, 0.29) is 18.8 Å². The lowest BCUT2D eigenvalue weighted by Gasteiger charge is -2.21. The Kier molecular flexibility index (Phi) is 4.66. The van der Waals surface area contributed by atoms with Crippen molar-refractivity contribution in [2.75, 3.05) is 20.3 Å². The highest BCUT2D eigenvalue weighted by Gasteiger charge is 2.24. The third-order valence-corrected chi connectivity index (χ3v) is 3.49. The molecule has 1 aliphatic rings. The lowest BCUT2D eigenvalue weighted by Crippen LogP contribution is -2.22. The van der Waals surface area contributed by atoms with Gasteiger partial charge in [0, 0.05) is 30.2 Å². The van der Waals surface area contributed by atoms with Crippen LogP contribution in [0.1, 0.15) is 37.4 Å². The van der Waals surface area contributed by atoms with Gasteiger partial charge < -0.3 is 19.9 Å². The Labute approximate surface area is 114 Å². The molecule has 1 heterocycles. The molecule has 0 amide bonds. The summed E-state index contributed by atoms with van der Waals surface area (Å²) in [6.45, 7) is 5.13. The topological polar surface area (TPSA) is 50.7 Å². The molecule has 2 N–H and O–H groups in total. The average molecular weight is 265 g/mol. The number of hydrogen-bond donors (Lipinski definition) is 2. The van der Waals surface area contributed by atoms with Gasteiger partial charge in [-0.1, -0.05) is 6.92 Å². The Balaban J connectivity index is 2.35. The molecule has 4 heteroatoms. The van der Waals surface area contributed by atoms with Crippen molar-refractivity contribution in [1.82, 2.24) is 5.32 Å². The zero-order valence-electron chi connectivity index (χ0n) is 11.9. The van der Waals surface area contributed by atoms with E-state index in [0.717, 1.165) is 30.0 Å². The quantitative estimate of drug-likeness (QED) is 0.826. The van der Waals surface area contributed by atoms with Crippen LogP contribution in [0.4, 0.5) is 0 Å². The van der Waals surface area contributed by atoms with Crippen molar-refractivity contribution in [3.63, 3.8) is 0 Å². The van der Waals surface area contributed by atoms with Crippen molar-refractivity contribution in [2.24, 2.45) is 0 Å². The minimum absolute atomic E-state index is 0.0924. The summed E-state index contributed by atoms with van der Waals surface area (Å²) >= 11 is 0. The van der Waals surface area contributed by atoms with E-state index < -0.39 is 0 Å². The van der Waals surface area contributed by atoms with Gasteiger partial charge in [-0.25, -0.2) is 0 Å². The number of hydrogen-bond acceptors (Lipinski definition) is 4. The van der Waals surface area contributed by atoms with E-state index >= 15 is 0 Å². The van der Waals surface area contributed by atoms with E-state index in [1.54, 1.807) is 7.11 Å². The Morgan fingerprint density at radius 3 is 2.95 bits per heavy atom.